The minimum Gasteiger partial charge on any atom is -0.0985 e. The Hall–Kier alpha value is -1.64. The minimum atomic E-state index is 0.312. The summed E-state index contributed by atoms with van der Waals surface area (Å²) in [5.74, 6) is 0.312. The molecular formula is C22H18Br2. The molecule has 0 N–H and O–H groups in total. The van der Waals surface area contributed by atoms with Crippen LogP contribution in [0.2, 0.25) is 0 Å². The zero-order valence-corrected chi connectivity index (χ0v) is 16.4. The molecule has 0 amide bonds. The molecule has 0 aliphatic rings. The lowest BCUT2D eigenvalue weighted by Gasteiger charge is -2.20. The van der Waals surface area contributed by atoms with Crippen LogP contribution >= 0.6 is 31.9 Å². The average Bonchev–Trinajstić information content (AvgIpc) is 2.62. The van der Waals surface area contributed by atoms with E-state index in [1.807, 2.05) is 6.08 Å². The molecule has 0 spiro atoms. The fraction of sp³-hybridized carbons (Fsp3) is 0.0909. The summed E-state index contributed by atoms with van der Waals surface area (Å²) in [7, 11) is 0. The first kappa shape index (κ1) is 17.2. The summed E-state index contributed by atoms with van der Waals surface area (Å²) in [6, 6.07) is 25.7. The highest BCUT2D eigenvalue weighted by atomic mass is 79.9. The van der Waals surface area contributed by atoms with E-state index >= 15 is 0 Å². The second kappa shape index (κ2) is 7.96. The van der Waals surface area contributed by atoms with E-state index in [0.717, 1.165) is 15.4 Å². The average molecular weight is 442 g/mol. The quantitative estimate of drug-likeness (QED) is 0.391. The lowest BCUT2D eigenvalue weighted by molar-refractivity contribution is 0.803. The highest BCUT2D eigenvalue weighted by Gasteiger charge is 2.16. The second-order valence-corrected chi connectivity index (χ2v) is 7.59. The van der Waals surface area contributed by atoms with E-state index < -0.39 is 0 Å². The van der Waals surface area contributed by atoms with Crippen molar-refractivity contribution in [3.8, 4) is 0 Å². The van der Waals surface area contributed by atoms with E-state index in [1.165, 1.54) is 22.3 Å². The molecule has 3 aromatic carbocycles. The molecule has 0 unspecified atom stereocenters. The normalized spacial score (nSPS) is 10.8. The van der Waals surface area contributed by atoms with Crippen LogP contribution in [-0.4, -0.2) is 0 Å². The molecule has 0 atom stereocenters. The van der Waals surface area contributed by atoms with Gasteiger partial charge in [0.25, 0.3) is 0 Å². The molecule has 0 saturated carbocycles. The van der Waals surface area contributed by atoms with Gasteiger partial charge in [0.1, 0.15) is 0 Å². The van der Waals surface area contributed by atoms with E-state index in [1.54, 1.807) is 0 Å². The molecule has 0 heterocycles. The number of hydrogen-bond donors (Lipinski definition) is 0. The molecule has 3 aromatic rings. The van der Waals surface area contributed by atoms with Crippen LogP contribution < -0.4 is 0 Å². The van der Waals surface area contributed by atoms with Gasteiger partial charge in [-0.3, -0.25) is 0 Å². The molecule has 24 heavy (non-hydrogen) atoms. The van der Waals surface area contributed by atoms with Crippen LogP contribution in [0.3, 0.4) is 0 Å². The van der Waals surface area contributed by atoms with Crippen molar-refractivity contribution in [3.63, 3.8) is 0 Å². The SMILES string of the molecule is C=Cc1ccccc1CC(c1ccc(Br)cc1)c1ccc(Br)cc1. The van der Waals surface area contributed by atoms with Gasteiger partial charge in [-0.2, -0.15) is 0 Å². The summed E-state index contributed by atoms with van der Waals surface area (Å²) in [5, 5.41) is 0. The highest BCUT2D eigenvalue weighted by Crippen LogP contribution is 2.31. The molecule has 0 fully saturated rings. The lowest BCUT2D eigenvalue weighted by Crippen LogP contribution is -2.06. The van der Waals surface area contributed by atoms with Crippen molar-refractivity contribution in [2.45, 2.75) is 12.3 Å². The van der Waals surface area contributed by atoms with Gasteiger partial charge in [-0.05, 0) is 52.9 Å². The van der Waals surface area contributed by atoms with Gasteiger partial charge >= 0.3 is 0 Å². The number of hydrogen-bond acceptors (Lipinski definition) is 0. The van der Waals surface area contributed by atoms with Crippen molar-refractivity contribution in [3.05, 3.63) is 111 Å². The fourth-order valence-corrected chi connectivity index (χ4v) is 3.49. The molecule has 0 aliphatic carbocycles. The maximum Gasteiger partial charge on any atom is 0.0175 e. The van der Waals surface area contributed by atoms with Gasteiger partial charge in [-0.15, -0.1) is 0 Å². The zero-order valence-electron chi connectivity index (χ0n) is 13.3. The predicted molar refractivity (Wildman–Crippen MR) is 110 cm³/mol. The topological polar surface area (TPSA) is 0 Å². The van der Waals surface area contributed by atoms with Crippen LogP contribution in [-0.2, 0) is 6.42 Å². The molecule has 0 bridgehead atoms. The highest BCUT2D eigenvalue weighted by molar-refractivity contribution is 9.10. The van der Waals surface area contributed by atoms with Crippen molar-refractivity contribution in [1.82, 2.24) is 0 Å². The summed E-state index contributed by atoms with van der Waals surface area (Å²) >= 11 is 7.06. The third kappa shape index (κ3) is 4.06. The zero-order chi connectivity index (χ0) is 16.9. The Morgan fingerprint density at radius 1 is 0.750 bits per heavy atom. The van der Waals surface area contributed by atoms with E-state index in [0.29, 0.717) is 5.92 Å². The number of halogens is 2. The Kier molecular flexibility index (Phi) is 5.70. The lowest BCUT2D eigenvalue weighted by atomic mass is 9.85. The van der Waals surface area contributed by atoms with Crippen molar-refractivity contribution in [1.29, 1.82) is 0 Å². The standard InChI is InChI=1S/C22H18Br2/c1-2-16-5-3-4-6-19(16)15-22(17-7-11-20(23)12-8-17)18-9-13-21(24)14-10-18/h2-14,22H,1,15H2. The van der Waals surface area contributed by atoms with Gasteiger partial charge in [-0.25, -0.2) is 0 Å². The predicted octanol–water partition coefficient (Wildman–Crippen LogP) is 7.23. The molecule has 0 saturated heterocycles. The van der Waals surface area contributed by atoms with E-state index in [2.05, 4.69) is 111 Å². The van der Waals surface area contributed by atoms with Gasteiger partial charge in [0.05, 0.1) is 0 Å². The number of rotatable bonds is 5. The summed E-state index contributed by atoms with van der Waals surface area (Å²) in [6.45, 7) is 3.96. The van der Waals surface area contributed by atoms with Crippen LogP contribution in [0.1, 0.15) is 28.2 Å². The van der Waals surface area contributed by atoms with Gasteiger partial charge < -0.3 is 0 Å². The first-order chi connectivity index (χ1) is 11.7. The fourth-order valence-electron chi connectivity index (χ4n) is 2.96. The van der Waals surface area contributed by atoms with E-state index in [-0.39, 0.29) is 0 Å². The maximum atomic E-state index is 3.96. The summed E-state index contributed by atoms with van der Waals surface area (Å²) in [5.41, 5.74) is 5.17. The Bertz CT molecular complexity index is 772. The number of benzene rings is 3. The summed E-state index contributed by atoms with van der Waals surface area (Å²) in [6.07, 6.45) is 2.89. The first-order valence-corrected chi connectivity index (χ1v) is 9.47. The molecule has 3 rings (SSSR count). The summed E-state index contributed by atoms with van der Waals surface area (Å²) < 4.78 is 2.21. The van der Waals surface area contributed by atoms with Gasteiger partial charge in [-0.1, -0.05) is 93.0 Å². The van der Waals surface area contributed by atoms with E-state index in [9.17, 15) is 0 Å². The van der Waals surface area contributed by atoms with Crippen LogP contribution in [0.25, 0.3) is 6.08 Å². The molecule has 0 nitrogen and oxygen atoms in total. The molecule has 0 aliphatic heterocycles. The third-order valence-corrected chi connectivity index (χ3v) is 5.30. The molecule has 120 valence electrons. The van der Waals surface area contributed by atoms with Crippen molar-refractivity contribution in [2.75, 3.05) is 0 Å². The van der Waals surface area contributed by atoms with Gasteiger partial charge in [0.2, 0.25) is 0 Å². The van der Waals surface area contributed by atoms with Crippen molar-refractivity contribution < 1.29 is 0 Å². The second-order valence-electron chi connectivity index (χ2n) is 5.76. The van der Waals surface area contributed by atoms with Crippen LogP contribution in [0.15, 0.2) is 88.3 Å². The Labute approximate surface area is 160 Å². The Balaban J connectivity index is 2.03. The largest absolute Gasteiger partial charge is 0.0985 e. The van der Waals surface area contributed by atoms with Gasteiger partial charge in [0, 0.05) is 14.9 Å². The Morgan fingerprint density at radius 2 is 1.25 bits per heavy atom. The van der Waals surface area contributed by atoms with Crippen LogP contribution in [0.5, 0.6) is 0 Å². The molecule has 2 heteroatoms. The minimum absolute atomic E-state index is 0.312. The van der Waals surface area contributed by atoms with Crippen molar-refractivity contribution >= 4 is 37.9 Å². The first-order valence-electron chi connectivity index (χ1n) is 7.88. The van der Waals surface area contributed by atoms with Gasteiger partial charge in [0.15, 0.2) is 0 Å². The summed E-state index contributed by atoms with van der Waals surface area (Å²) in [4.78, 5) is 0. The Morgan fingerprint density at radius 3 is 1.75 bits per heavy atom. The maximum absolute atomic E-state index is 3.96. The molecular weight excluding hydrogens is 424 g/mol. The smallest absolute Gasteiger partial charge is 0.0175 e. The van der Waals surface area contributed by atoms with Crippen molar-refractivity contribution in [2.24, 2.45) is 0 Å². The molecule has 0 radical (unpaired) electrons. The van der Waals surface area contributed by atoms with Crippen LogP contribution in [0, 0.1) is 0 Å². The van der Waals surface area contributed by atoms with E-state index in [4.69, 9.17) is 0 Å². The molecule has 0 aromatic heterocycles. The third-order valence-electron chi connectivity index (χ3n) is 4.24. The monoisotopic (exact) mass is 440 g/mol. The van der Waals surface area contributed by atoms with Crippen LogP contribution in [0.4, 0.5) is 0 Å².